The van der Waals surface area contributed by atoms with Gasteiger partial charge in [-0.2, -0.15) is 0 Å². The highest BCUT2D eigenvalue weighted by Gasteiger charge is 2.37. The van der Waals surface area contributed by atoms with Crippen LogP contribution in [-0.4, -0.2) is 65.0 Å². The number of piperidine rings is 3. The van der Waals surface area contributed by atoms with Crippen molar-refractivity contribution in [3.63, 3.8) is 0 Å². The summed E-state index contributed by atoms with van der Waals surface area (Å²) < 4.78 is 12.3. The van der Waals surface area contributed by atoms with Crippen LogP contribution in [0.3, 0.4) is 0 Å². The molecule has 5 N–H and O–H groups in total. The molecule has 3 aliphatic rings. The summed E-state index contributed by atoms with van der Waals surface area (Å²) in [5.74, 6) is 1.12. The monoisotopic (exact) mass is 764 g/mol. The molecule has 3 aliphatic heterocycles. The molecule has 5 aromatic carbocycles. The van der Waals surface area contributed by atoms with E-state index in [1.807, 2.05) is 60.7 Å². The SMILES string of the molecule is O=C(NC(c1ccccc1)c1cccc(OCc2cccc(-c3ccc(CCNCC(O)c4ccc(O)c5[nH]c(=O)ccc45)cc3)c2)c1)OC1CN2CCC1CC2. The number of alkyl carbamates (subject to hydrolysis) is 1. The Morgan fingerprint density at radius 3 is 2.40 bits per heavy atom. The van der Waals surface area contributed by atoms with Crippen LogP contribution in [0.25, 0.3) is 22.0 Å². The molecule has 9 rings (SSSR count). The largest absolute Gasteiger partial charge is 0.506 e. The van der Waals surface area contributed by atoms with Crippen LogP contribution in [0.15, 0.2) is 132 Å². The number of fused-ring (bicyclic) bond motifs is 4. The Hall–Kier alpha value is -5.94. The van der Waals surface area contributed by atoms with E-state index in [1.165, 1.54) is 17.7 Å². The number of aromatic nitrogens is 1. The van der Waals surface area contributed by atoms with E-state index in [-0.39, 0.29) is 17.4 Å². The number of phenolic OH excluding ortho intramolecular Hbond substituents is 1. The molecule has 2 bridgehead atoms. The number of carbonyl (C=O) groups is 1. The first-order valence-corrected chi connectivity index (χ1v) is 19.8. The Kier molecular flexibility index (Phi) is 11.6. The van der Waals surface area contributed by atoms with Gasteiger partial charge in [0, 0.05) is 24.5 Å². The summed E-state index contributed by atoms with van der Waals surface area (Å²) in [6.45, 7) is 4.37. The zero-order valence-electron chi connectivity index (χ0n) is 31.8. The van der Waals surface area contributed by atoms with Crippen molar-refractivity contribution in [3.05, 3.63) is 166 Å². The lowest BCUT2D eigenvalue weighted by Gasteiger charge is -2.43. The molecule has 10 heteroatoms. The molecule has 292 valence electrons. The van der Waals surface area contributed by atoms with Crippen LogP contribution in [0.2, 0.25) is 0 Å². The second kappa shape index (κ2) is 17.5. The summed E-state index contributed by atoms with van der Waals surface area (Å²) in [5, 5.41) is 28.1. The summed E-state index contributed by atoms with van der Waals surface area (Å²) in [4.78, 5) is 30.0. The highest BCUT2D eigenvalue weighted by atomic mass is 16.6. The minimum Gasteiger partial charge on any atom is -0.506 e. The highest BCUT2D eigenvalue weighted by Crippen LogP contribution is 2.32. The lowest BCUT2D eigenvalue weighted by atomic mass is 9.86. The summed E-state index contributed by atoms with van der Waals surface area (Å²) >= 11 is 0. The lowest BCUT2D eigenvalue weighted by Crippen LogP contribution is -2.52. The van der Waals surface area contributed by atoms with E-state index < -0.39 is 18.2 Å². The van der Waals surface area contributed by atoms with Crippen LogP contribution < -0.4 is 20.9 Å². The fourth-order valence-corrected chi connectivity index (χ4v) is 8.12. The molecule has 3 unspecified atom stereocenters. The number of pyridine rings is 1. The van der Waals surface area contributed by atoms with Gasteiger partial charge in [-0.1, -0.05) is 91.0 Å². The maximum Gasteiger partial charge on any atom is 0.408 e. The van der Waals surface area contributed by atoms with Crippen molar-refractivity contribution in [1.29, 1.82) is 0 Å². The van der Waals surface area contributed by atoms with E-state index in [0.29, 0.717) is 47.8 Å². The van der Waals surface area contributed by atoms with Gasteiger partial charge in [-0.05, 0) is 114 Å². The number of aliphatic hydroxyl groups excluding tert-OH is 1. The maximum atomic E-state index is 13.3. The van der Waals surface area contributed by atoms with Gasteiger partial charge in [0.15, 0.2) is 0 Å². The number of phenols is 1. The predicted molar refractivity (Wildman–Crippen MR) is 221 cm³/mol. The predicted octanol–water partition coefficient (Wildman–Crippen LogP) is 7.26. The van der Waals surface area contributed by atoms with Crippen LogP contribution in [-0.2, 0) is 17.8 Å². The Morgan fingerprint density at radius 2 is 1.61 bits per heavy atom. The molecular weight excluding hydrogens is 717 g/mol. The summed E-state index contributed by atoms with van der Waals surface area (Å²) in [6.07, 6.45) is 1.67. The van der Waals surface area contributed by atoms with E-state index in [4.69, 9.17) is 9.47 Å². The minimum atomic E-state index is -0.806. The Bertz CT molecular complexity index is 2360. The number of carbonyl (C=O) groups excluding carboxylic acids is 1. The van der Waals surface area contributed by atoms with Gasteiger partial charge in [0.1, 0.15) is 24.2 Å². The minimum absolute atomic E-state index is 0.0291. The molecule has 0 aliphatic carbocycles. The standard InChI is InChI=1S/C47H48N4O6/c52-41-18-16-39(40-17-19-44(54)49-46(40)41)42(53)28-48-23-20-31-12-14-33(15-13-31)36-9-4-6-32(26-36)30-56-38-11-5-10-37(27-38)45(35-7-2-1-3-8-35)50-47(55)57-43-29-51-24-21-34(43)22-25-51/h1-19,26-27,34,42-43,45,48,52-53H,20-25,28-30H2,(H,49,54)(H,50,55). The molecule has 3 saturated heterocycles. The average molecular weight is 765 g/mol. The zero-order chi connectivity index (χ0) is 39.1. The molecule has 10 nitrogen and oxygen atoms in total. The number of aromatic amines is 1. The van der Waals surface area contributed by atoms with Crippen molar-refractivity contribution in [2.75, 3.05) is 32.7 Å². The van der Waals surface area contributed by atoms with Crippen molar-refractivity contribution < 1.29 is 24.5 Å². The van der Waals surface area contributed by atoms with Gasteiger partial charge in [0.05, 0.1) is 17.7 Å². The molecular formula is C47H48N4O6. The van der Waals surface area contributed by atoms with Crippen molar-refractivity contribution in [2.45, 2.75) is 44.1 Å². The number of hydrogen-bond donors (Lipinski definition) is 5. The fraction of sp³-hybridized carbons (Fsp3) is 0.277. The van der Waals surface area contributed by atoms with Crippen LogP contribution in [0.4, 0.5) is 4.79 Å². The third-order valence-corrected chi connectivity index (χ3v) is 11.3. The number of amides is 1. The van der Waals surface area contributed by atoms with Crippen LogP contribution >= 0.6 is 0 Å². The van der Waals surface area contributed by atoms with E-state index in [0.717, 1.165) is 66.7 Å². The van der Waals surface area contributed by atoms with Crippen LogP contribution in [0, 0.1) is 5.92 Å². The first-order chi connectivity index (χ1) is 27.9. The van der Waals surface area contributed by atoms with Gasteiger partial charge < -0.3 is 35.3 Å². The highest BCUT2D eigenvalue weighted by molar-refractivity contribution is 5.87. The number of rotatable bonds is 14. The number of aromatic hydroxyl groups is 1. The van der Waals surface area contributed by atoms with Gasteiger partial charge in [-0.25, -0.2) is 4.79 Å². The topological polar surface area (TPSA) is 136 Å². The number of nitrogens with one attached hydrogen (secondary N) is 3. The van der Waals surface area contributed by atoms with Gasteiger partial charge in [-0.3, -0.25) is 9.69 Å². The molecule has 3 fully saturated rings. The smallest absolute Gasteiger partial charge is 0.408 e. The number of benzene rings is 5. The number of hydrogen-bond acceptors (Lipinski definition) is 8. The van der Waals surface area contributed by atoms with Crippen molar-refractivity contribution in [2.24, 2.45) is 5.92 Å². The van der Waals surface area contributed by atoms with Crippen LogP contribution in [0.5, 0.6) is 11.5 Å². The third kappa shape index (κ3) is 9.21. The first kappa shape index (κ1) is 38.0. The Balaban J connectivity index is 0.853. The fourth-order valence-electron chi connectivity index (χ4n) is 8.12. The van der Waals surface area contributed by atoms with Gasteiger partial charge >= 0.3 is 6.09 Å². The summed E-state index contributed by atoms with van der Waals surface area (Å²) in [6, 6.07) is 40.4. The third-order valence-electron chi connectivity index (χ3n) is 11.3. The normalized spacial score (nSPS) is 18.5. The quantitative estimate of drug-likeness (QED) is 0.0733. The molecule has 1 amide bonds. The lowest BCUT2D eigenvalue weighted by molar-refractivity contribution is -0.0336. The van der Waals surface area contributed by atoms with Gasteiger partial charge in [0.2, 0.25) is 5.56 Å². The number of ether oxygens (including phenoxy) is 2. The van der Waals surface area contributed by atoms with Gasteiger partial charge in [-0.15, -0.1) is 0 Å². The van der Waals surface area contributed by atoms with Gasteiger partial charge in [0.25, 0.3) is 0 Å². The van der Waals surface area contributed by atoms with Crippen molar-refractivity contribution in [3.8, 4) is 22.6 Å². The second-order valence-corrected chi connectivity index (χ2v) is 15.1. The Morgan fingerprint density at radius 1 is 0.825 bits per heavy atom. The number of aliphatic hydroxyl groups is 1. The summed E-state index contributed by atoms with van der Waals surface area (Å²) in [7, 11) is 0. The Labute approximate surface area is 332 Å². The molecule has 4 heterocycles. The molecule has 6 aromatic rings. The average Bonchev–Trinajstić information content (AvgIpc) is 3.25. The van der Waals surface area contributed by atoms with Crippen LogP contribution in [0.1, 0.15) is 52.8 Å². The second-order valence-electron chi connectivity index (χ2n) is 15.1. The first-order valence-electron chi connectivity index (χ1n) is 19.8. The van der Waals surface area contributed by atoms with E-state index >= 15 is 0 Å². The summed E-state index contributed by atoms with van der Waals surface area (Å²) in [5.41, 5.74) is 6.93. The molecule has 0 saturated carbocycles. The van der Waals surface area contributed by atoms with Crippen molar-refractivity contribution >= 4 is 17.0 Å². The number of nitrogens with zero attached hydrogens (tertiary/aromatic N) is 1. The van der Waals surface area contributed by atoms with Crippen molar-refractivity contribution in [1.82, 2.24) is 20.5 Å². The zero-order valence-corrected chi connectivity index (χ0v) is 31.8. The molecule has 3 atom stereocenters. The number of H-pyrrole nitrogens is 1. The van der Waals surface area contributed by atoms with E-state index in [9.17, 15) is 19.8 Å². The molecule has 57 heavy (non-hydrogen) atoms. The molecule has 0 spiro atoms. The molecule has 0 radical (unpaired) electrons. The maximum absolute atomic E-state index is 13.3. The van der Waals surface area contributed by atoms with E-state index in [1.54, 1.807) is 12.1 Å². The van der Waals surface area contributed by atoms with E-state index in [2.05, 4.69) is 63.0 Å². The molecule has 1 aromatic heterocycles.